The Balaban J connectivity index is 1.60. The molecule has 4 nitrogen and oxygen atoms in total. The molecular formula is C24H22N2O2. The predicted molar refractivity (Wildman–Crippen MR) is 109 cm³/mol. The molecule has 2 atom stereocenters. The molecule has 3 aromatic rings. The molecule has 0 bridgehead atoms. The molecule has 1 saturated carbocycles. The van der Waals surface area contributed by atoms with Crippen molar-refractivity contribution in [1.29, 1.82) is 0 Å². The Morgan fingerprint density at radius 1 is 0.893 bits per heavy atom. The summed E-state index contributed by atoms with van der Waals surface area (Å²) >= 11 is 0. The average Bonchev–Trinajstić information content (AvgIpc) is 3.21. The van der Waals surface area contributed by atoms with E-state index in [0.29, 0.717) is 11.4 Å². The molecule has 1 N–H and O–H groups in total. The van der Waals surface area contributed by atoms with Crippen molar-refractivity contribution in [3.05, 3.63) is 72.8 Å². The first kappa shape index (κ1) is 17.0. The van der Waals surface area contributed by atoms with Crippen LogP contribution in [-0.4, -0.2) is 21.9 Å². The van der Waals surface area contributed by atoms with Crippen LogP contribution in [0, 0.1) is 5.92 Å². The first-order chi connectivity index (χ1) is 13.8. The highest BCUT2D eigenvalue weighted by Gasteiger charge is 2.38. The lowest BCUT2D eigenvalue weighted by Crippen LogP contribution is -2.36. The number of hydrogen-bond donors (Lipinski definition) is 1. The monoisotopic (exact) mass is 370 g/mol. The summed E-state index contributed by atoms with van der Waals surface area (Å²) in [5.74, 6) is 0.704. The van der Waals surface area contributed by atoms with Crippen LogP contribution in [-0.2, 0) is 9.53 Å². The Bertz CT molecular complexity index is 964. The molecule has 0 amide bonds. The number of hydrogen-bond acceptors (Lipinski definition) is 3. The molecule has 2 aliphatic rings. The van der Waals surface area contributed by atoms with Crippen LogP contribution >= 0.6 is 0 Å². The zero-order valence-corrected chi connectivity index (χ0v) is 15.6. The van der Waals surface area contributed by atoms with Gasteiger partial charge in [-0.25, -0.2) is 4.98 Å². The molecular weight excluding hydrogens is 348 g/mol. The molecule has 4 heteroatoms. The molecule has 2 unspecified atom stereocenters. The van der Waals surface area contributed by atoms with Crippen LogP contribution in [0.15, 0.2) is 66.9 Å². The minimum atomic E-state index is -0.0424. The van der Waals surface area contributed by atoms with Crippen LogP contribution < -0.4 is 0 Å². The zero-order valence-electron chi connectivity index (χ0n) is 15.6. The predicted octanol–water partition coefficient (Wildman–Crippen LogP) is 5.24. The van der Waals surface area contributed by atoms with Crippen LogP contribution in [0.25, 0.3) is 28.1 Å². The van der Waals surface area contributed by atoms with E-state index >= 15 is 0 Å². The summed E-state index contributed by atoms with van der Waals surface area (Å²) in [6, 6.07) is 20.2. The number of aromatic amines is 1. The van der Waals surface area contributed by atoms with E-state index < -0.39 is 0 Å². The summed E-state index contributed by atoms with van der Waals surface area (Å²) in [5, 5.41) is 0. The van der Waals surface area contributed by atoms with Crippen molar-refractivity contribution in [3.8, 4) is 22.5 Å². The van der Waals surface area contributed by atoms with Crippen LogP contribution in [0.3, 0.4) is 0 Å². The van der Waals surface area contributed by atoms with Gasteiger partial charge in [0.05, 0.1) is 29.1 Å². The van der Waals surface area contributed by atoms with Gasteiger partial charge in [0.25, 0.3) is 0 Å². The third-order valence-electron chi connectivity index (χ3n) is 5.73. The smallest absolute Gasteiger partial charge is 0.176 e. The summed E-state index contributed by atoms with van der Waals surface area (Å²) in [7, 11) is 0. The highest BCUT2D eigenvalue weighted by Crippen LogP contribution is 2.37. The van der Waals surface area contributed by atoms with Gasteiger partial charge in [0, 0.05) is 11.1 Å². The van der Waals surface area contributed by atoms with Gasteiger partial charge in [0.2, 0.25) is 0 Å². The molecule has 1 aliphatic heterocycles. The standard InChI is InChI=1S/C24H22N2O2/c27-23-18-13-7-8-14-20(18)28-15-19(23)24-25-21(16-9-3-1-4-10-16)22(26-24)17-11-5-2-6-12-17/h1-6,9-12,15,18,20H,7-8,13-14H2,(H,25,26). The number of aromatic nitrogens is 2. The summed E-state index contributed by atoms with van der Waals surface area (Å²) in [6.07, 6.45) is 5.74. The maximum Gasteiger partial charge on any atom is 0.176 e. The van der Waals surface area contributed by atoms with Crippen molar-refractivity contribution in [2.24, 2.45) is 5.92 Å². The van der Waals surface area contributed by atoms with E-state index in [4.69, 9.17) is 9.72 Å². The molecule has 2 heterocycles. The number of ether oxygens (including phenoxy) is 1. The number of allylic oxidation sites excluding steroid dienone is 1. The first-order valence-electron chi connectivity index (χ1n) is 9.92. The molecule has 1 fully saturated rings. The van der Waals surface area contributed by atoms with Gasteiger partial charge in [0.1, 0.15) is 11.9 Å². The topological polar surface area (TPSA) is 55.0 Å². The minimum absolute atomic E-state index is 0.0298. The highest BCUT2D eigenvalue weighted by molar-refractivity contribution is 6.21. The van der Waals surface area contributed by atoms with Gasteiger partial charge in [-0.3, -0.25) is 4.79 Å². The number of Topliss-reactive ketones (excluding diaryl/α,β-unsaturated/α-hetero) is 1. The fourth-order valence-corrected chi connectivity index (χ4v) is 4.26. The molecule has 0 spiro atoms. The lowest BCUT2D eigenvalue weighted by atomic mass is 9.80. The van der Waals surface area contributed by atoms with Crippen molar-refractivity contribution >= 4 is 11.4 Å². The lowest BCUT2D eigenvalue weighted by Gasteiger charge is -2.33. The summed E-state index contributed by atoms with van der Waals surface area (Å²) in [5.41, 5.74) is 4.38. The minimum Gasteiger partial charge on any atom is -0.496 e. The second kappa shape index (κ2) is 7.12. The Hall–Kier alpha value is -3.14. The number of benzene rings is 2. The Morgan fingerprint density at radius 2 is 1.57 bits per heavy atom. The number of ketones is 1. The van der Waals surface area contributed by atoms with E-state index in [2.05, 4.69) is 17.1 Å². The second-order valence-corrected chi connectivity index (χ2v) is 7.50. The number of imidazole rings is 1. The number of carbonyl (C=O) groups excluding carboxylic acids is 1. The van der Waals surface area contributed by atoms with E-state index in [-0.39, 0.29) is 17.8 Å². The van der Waals surface area contributed by atoms with Crippen LogP contribution in [0.2, 0.25) is 0 Å². The second-order valence-electron chi connectivity index (χ2n) is 7.50. The van der Waals surface area contributed by atoms with E-state index in [1.165, 1.54) is 0 Å². The van der Waals surface area contributed by atoms with Crippen molar-refractivity contribution < 1.29 is 9.53 Å². The van der Waals surface area contributed by atoms with E-state index in [1.807, 2.05) is 48.5 Å². The number of fused-ring (bicyclic) bond motifs is 1. The third kappa shape index (κ3) is 2.95. The highest BCUT2D eigenvalue weighted by atomic mass is 16.5. The number of carbonyl (C=O) groups is 1. The fourth-order valence-electron chi connectivity index (χ4n) is 4.26. The Kier molecular flexibility index (Phi) is 4.32. The third-order valence-corrected chi connectivity index (χ3v) is 5.73. The summed E-state index contributed by atoms with van der Waals surface area (Å²) in [4.78, 5) is 21.4. The number of H-pyrrole nitrogens is 1. The van der Waals surface area contributed by atoms with Crippen LogP contribution in [0.5, 0.6) is 0 Å². The SMILES string of the molecule is O=C1C(c2nc(-c3ccccc3)c(-c3ccccc3)[nH]2)=COC2CCCCC12. The maximum absolute atomic E-state index is 13.1. The van der Waals surface area contributed by atoms with Gasteiger partial charge < -0.3 is 9.72 Å². The largest absolute Gasteiger partial charge is 0.496 e. The van der Waals surface area contributed by atoms with Gasteiger partial charge in [-0.1, -0.05) is 67.1 Å². The summed E-state index contributed by atoms with van der Waals surface area (Å²) < 4.78 is 5.94. The maximum atomic E-state index is 13.1. The van der Waals surface area contributed by atoms with Crippen molar-refractivity contribution in [1.82, 2.24) is 9.97 Å². The molecule has 0 radical (unpaired) electrons. The average molecular weight is 370 g/mol. The van der Waals surface area contributed by atoms with Gasteiger partial charge in [0.15, 0.2) is 5.78 Å². The van der Waals surface area contributed by atoms with Crippen molar-refractivity contribution in [2.75, 3.05) is 0 Å². The zero-order chi connectivity index (χ0) is 18.9. The quantitative estimate of drug-likeness (QED) is 0.686. The van der Waals surface area contributed by atoms with Crippen LogP contribution in [0.1, 0.15) is 31.5 Å². The van der Waals surface area contributed by atoms with Gasteiger partial charge in [-0.2, -0.15) is 0 Å². The van der Waals surface area contributed by atoms with E-state index in [1.54, 1.807) is 6.26 Å². The summed E-state index contributed by atoms with van der Waals surface area (Å²) in [6.45, 7) is 0. The van der Waals surface area contributed by atoms with Crippen molar-refractivity contribution in [3.63, 3.8) is 0 Å². The van der Waals surface area contributed by atoms with Gasteiger partial charge in [-0.15, -0.1) is 0 Å². The molecule has 140 valence electrons. The normalized spacial score (nSPS) is 21.6. The molecule has 1 aromatic heterocycles. The molecule has 28 heavy (non-hydrogen) atoms. The van der Waals surface area contributed by atoms with Gasteiger partial charge >= 0.3 is 0 Å². The van der Waals surface area contributed by atoms with Crippen molar-refractivity contribution in [2.45, 2.75) is 31.8 Å². The van der Waals surface area contributed by atoms with Crippen LogP contribution in [0.4, 0.5) is 0 Å². The Labute approximate surface area is 164 Å². The number of nitrogens with one attached hydrogen (secondary N) is 1. The lowest BCUT2D eigenvalue weighted by molar-refractivity contribution is -0.124. The fraction of sp³-hybridized carbons (Fsp3) is 0.250. The molecule has 5 rings (SSSR count). The first-order valence-corrected chi connectivity index (χ1v) is 9.92. The van der Waals surface area contributed by atoms with Gasteiger partial charge in [-0.05, 0) is 19.3 Å². The Morgan fingerprint density at radius 3 is 2.32 bits per heavy atom. The number of nitrogens with zero attached hydrogens (tertiary/aromatic N) is 1. The molecule has 0 saturated heterocycles. The molecule has 1 aliphatic carbocycles. The number of rotatable bonds is 3. The molecule has 2 aromatic carbocycles. The van der Waals surface area contributed by atoms with E-state index in [0.717, 1.165) is 48.2 Å². The van der Waals surface area contributed by atoms with E-state index in [9.17, 15) is 4.79 Å².